The molecule has 0 saturated carbocycles. The molecule has 2 atom stereocenters. The van der Waals surface area contributed by atoms with E-state index in [1.54, 1.807) is 0 Å². The lowest BCUT2D eigenvalue weighted by Crippen LogP contribution is -2.41. The molecule has 25 heavy (non-hydrogen) atoms. The van der Waals surface area contributed by atoms with Crippen molar-refractivity contribution < 1.29 is 19.8 Å². The van der Waals surface area contributed by atoms with Gasteiger partial charge in [-0.3, -0.25) is 9.59 Å². The summed E-state index contributed by atoms with van der Waals surface area (Å²) in [5, 5.41) is 20.3. The van der Waals surface area contributed by atoms with Crippen LogP contribution in [-0.2, 0) is 29.0 Å². The maximum Gasteiger partial charge on any atom is 0.321 e. The van der Waals surface area contributed by atoms with Gasteiger partial charge in [-0.15, -0.1) is 0 Å². The molecule has 0 spiro atoms. The number of hydrogen-bond donors (Lipinski definition) is 4. The molecule has 1 heterocycles. The molecule has 6 heteroatoms. The van der Waals surface area contributed by atoms with Crippen LogP contribution in [0.2, 0.25) is 0 Å². The molecule has 6 nitrogen and oxygen atoms in total. The van der Waals surface area contributed by atoms with Crippen molar-refractivity contribution in [1.29, 1.82) is 0 Å². The summed E-state index contributed by atoms with van der Waals surface area (Å²) in [6, 6.07) is 16.1. The largest absolute Gasteiger partial charge is 0.480 e. The third-order valence-corrected chi connectivity index (χ3v) is 4.00. The van der Waals surface area contributed by atoms with E-state index in [1.165, 1.54) is 5.56 Å². The number of hydrogen-bond acceptors (Lipinski definition) is 4. The van der Waals surface area contributed by atoms with E-state index in [-0.39, 0.29) is 0 Å². The molecule has 132 valence electrons. The fourth-order valence-corrected chi connectivity index (χ4v) is 2.58. The number of benzene rings is 2. The van der Waals surface area contributed by atoms with Crippen LogP contribution in [-0.4, -0.2) is 34.2 Å². The summed E-state index contributed by atoms with van der Waals surface area (Å²) in [6.07, 6.45) is 0.974. The topological polar surface area (TPSA) is 113 Å². The Morgan fingerprint density at radius 2 is 1.64 bits per heavy atom. The van der Waals surface area contributed by atoms with Gasteiger partial charge < -0.3 is 21.3 Å². The summed E-state index contributed by atoms with van der Waals surface area (Å²) in [6.45, 7) is 0.660. The minimum absolute atomic E-state index is 0.385. The molecule has 0 amide bonds. The van der Waals surface area contributed by atoms with Crippen LogP contribution < -0.4 is 11.1 Å². The summed E-state index contributed by atoms with van der Waals surface area (Å²) in [5.41, 5.74) is 8.66. The lowest BCUT2D eigenvalue weighted by molar-refractivity contribution is -0.140. The van der Waals surface area contributed by atoms with E-state index in [4.69, 9.17) is 15.9 Å². The summed E-state index contributed by atoms with van der Waals surface area (Å²) >= 11 is 0. The van der Waals surface area contributed by atoms with E-state index in [2.05, 4.69) is 5.32 Å². The molecule has 0 fully saturated rings. The fraction of sp³-hybridized carbons (Fsp3) is 0.263. The molecule has 2 unspecified atom stereocenters. The number of nitrogens with two attached hydrogens (primary N) is 1. The Morgan fingerprint density at radius 1 is 1.04 bits per heavy atom. The molecule has 1 aliphatic rings. The molecule has 0 aromatic heterocycles. The molecule has 2 aromatic carbocycles. The Balaban J connectivity index is 0.000000181. The first-order chi connectivity index (χ1) is 12.0. The molecule has 0 saturated heterocycles. The van der Waals surface area contributed by atoms with Crippen molar-refractivity contribution in [2.75, 3.05) is 0 Å². The van der Waals surface area contributed by atoms with Crippen LogP contribution in [0.5, 0.6) is 0 Å². The van der Waals surface area contributed by atoms with Crippen molar-refractivity contribution >= 4 is 11.9 Å². The third-order valence-electron chi connectivity index (χ3n) is 4.00. The number of carboxylic acid groups (broad SMARTS) is 2. The summed E-state index contributed by atoms with van der Waals surface area (Å²) in [7, 11) is 0. The first-order valence-electron chi connectivity index (χ1n) is 8.02. The first-order valence-corrected chi connectivity index (χ1v) is 8.02. The highest BCUT2D eigenvalue weighted by molar-refractivity contribution is 5.74. The number of carbonyl (C=O) groups is 2. The smallest absolute Gasteiger partial charge is 0.321 e. The molecule has 5 N–H and O–H groups in total. The van der Waals surface area contributed by atoms with E-state index in [0.29, 0.717) is 19.4 Å². The Hall–Kier alpha value is -2.70. The normalized spacial score (nSPS) is 16.8. The maximum atomic E-state index is 10.7. The molecular weight excluding hydrogens is 320 g/mol. The summed E-state index contributed by atoms with van der Waals surface area (Å²) in [4.78, 5) is 21.1. The van der Waals surface area contributed by atoms with Gasteiger partial charge in [0.1, 0.15) is 12.1 Å². The quantitative estimate of drug-likeness (QED) is 0.668. The fourth-order valence-electron chi connectivity index (χ4n) is 2.58. The van der Waals surface area contributed by atoms with Gasteiger partial charge in [-0.05, 0) is 29.5 Å². The molecule has 0 radical (unpaired) electrons. The van der Waals surface area contributed by atoms with E-state index in [0.717, 1.165) is 11.1 Å². The second-order valence-electron chi connectivity index (χ2n) is 5.88. The Bertz CT molecular complexity index is 718. The minimum atomic E-state index is -0.959. The highest BCUT2D eigenvalue weighted by Crippen LogP contribution is 2.15. The van der Waals surface area contributed by atoms with Crippen LogP contribution in [0, 0.1) is 0 Å². The van der Waals surface area contributed by atoms with Crippen molar-refractivity contribution in [3.8, 4) is 0 Å². The van der Waals surface area contributed by atoms with Crippen LogP contribution >= 0.6 is 0 Å². The van der Waals surface area contributed by atoms with Gasteiger partial charge in [-0.2, -0.15) is 0 Å². The van der Waals surface area contributed by atoms with E-state index < -0.39 is 24.0 Å². The summed E-state index contributed by atoms with van der Waals surface area (Å²) < 4.78 is 0. The Labute approximate surface area is 146 Å². The van der Waals surface area contributed by atoms with Gasteiger partial charge in [-0.25, -0.2) is 0 Å². The summed E-state index contributed by atoms with van der Waals surface area (Å²) in [5.74, 6) is -1.73. The predicted molar refractivity (Wildman–Crippen MR) is 94.2 cm³/mol. The van der Waals surface area contributed by atoms with Crippen LogP contribution in [0.1, 0.15) is 16.7 Å². The van der Waals surface area contributed by atoms with E-state index in [1.807, 2.05) is 54.6 Å². The molecule has 0 aliphatic carbocycles. The van der Waals surface area contributed by atoms with Gasteiger partial charge in [0.25, 0.3) is 0 Å². The second-order valence-corrected chi connectivity index (χ2v) is 5.88. The highest BCUT2D eigenvalue weighted by atomic mass is 16.4. The van der Waals surface area contributed by atoms with Crippen LogP contribution in [0.15, 0.2) is 54.6 Å². The van der Waals surface area contributed by atoms with Gasteiger partial charge in [0.05, 0.1) is 0 Å². The number of rotatable bonds is 4. The second kappa shape index (κ2) is 8.96. The van der Waals surface area contributed by atoms with Crippen molar-refractivity contribution in [3.05, 3.63) is 71.3 Å². The van der Waals surface area contributed by atoms with Crippen molar-refractivity contribution in [3.63, 3.8) is 0 Å². The predicted octanol–water partition coefficient (Wildman–Crippen LogP) is 1.43. The molecule has 1 aliphatic heterocycles. The Kier molecular flexibility index (Phi) is 6.68. The zero-order valence-corrected chi connectivity index (χ0v) is 13.8. The maximum absolute atomic E-state index is 10.7. The van der Waals surface area contributed by atoms with Gasteiger partial charge in [-0.1, -0.05) is 54.6 Å². The third kappa shape index (κ3) is 5.70. The zero-order chi connectivity index (χ0) is 18.2. The monoisotopic (exact) mass is 342 g/mol. The average molecular weight is 342 g/mol. The first kappa shape index (κ1) is 18.6. The van der Waals surface area contributed by atoms with Crippen molar-refractivity contribution in [2.45, 2.75) is 31.5 Å². The van der Waals surface area contributed by atoms with Crippen LogP contribution in [0.3, 0.4) is 0 Å². The molecule has 0 bridgehead atoms. The number of nitrogens with one attached hydrogen (secondary N) is 1. The molecule has 2 aromatic rings. The van der Waals surface area contributed by atoms with Crippen LogP contribution in [0.4, 0.5) is 0 Å². The average Bonchev–Trinajstić information content (AvgIpc) is 2.62. The minimum Gasteiger partial charge on any atom is -0.480 e. The van der Waals surface area contributed by atoms with Gasteiger partial charge >= 0.3 is 11.9 Å². The van der Waals surface area contributed by atoms with Crippen molar-refractivity contribution in [2.24, 2.45) is 5.73 Å². The lowest BCUT2D eigenvalue weighted by atomic mass is 9.96. The SMILES string of the molecule is NC(Cc1ccccc1)C(=O)O.O=C(O)C1Cc2ccccc2CN1. The van der Waals surface area contributed by atoms with Crippen LogP contribution in [0.25, 0.3) is 0 Å². The van der Waals surface area contributed by atoms with Crippen molar-refractivity contribution in [1.82, 2.24) is 5.32 Å². The van der Waals surface area contributed by atoms with Gasteiger partial charge in [0, 0.05) is 6.54 Å². The zero-order valence-electron chi connectivity index (χ0n) is 13.8. The standard InChI is InChI=1S/C10H11NO2.C9H11NO2/c12-10(13)9-5-7-3-1-2-4-8(7)6-11-9;10-8(9(11)12)6-7-4-2-1-3-5-7/h1-4,9,11H,5-6H2,(H,12,13);1-5,8H,6,10H2,(H,11,12). The molecule has 3 rings (SSSR count). The highest BCUT2D eigenvalue weighted by Gasteiger charge is 2.22. The lowest BCUT2D eigenvalue weighted by Gasteiger charge is -2.22. The van der Waals surface area contributed by atoms with Gasteiger partial charge in [0.15, 0.2) is 0 Å². The number of carboxylic acids is 2. The van der Waals surface area contributed by atoms with E-state index in [9.17, 15) is 9.59 Å². The molecular formula is C19H22N2O4. The van der Waals surface area contributed by atoms with Gasteiger partial charge in [0.2, 0.25) is 0 Å². The number of fused-ring (bicyclic) bond motifs is 1. The number of aliphatic carboxylic acids is 2. The van der Waals surface area contributed by atoms with E-state index >= 15 is 0 Å². The Morgan fingerprint density at radius 3 is 2.24 bits per heavy atom.